The summed E-state index contributed by atoms with van der Waals surface area (Å²) in [5.41, 5.74) is -1.16. The number of nitrogens with one attached hydrogen (secondary N) is 1. The first kappa shape index (κ1) is 18.8. The Morgan fingerprint density at radius 3 is 2.17 bits per heavy atom. The Kier molecular flexibility index (Phi) is 9.93. The van der Waals surface area contributed by atoms with Gasteiger partial charge in [0.15, 0.2) is 5.69 Å². The fourth-order valence-corrected chi connectivity index (χ4v) is 0.694. The van der Waals surface area contributed by atoms with Crippen LogP contribution in [0.5, 0.6) is 0 Å². The monoisotopic (exact) mass is 268 g/mol. The number of nitrogens with zero attached hydrogens (tertiary/aromatic N) is 1. The van der Waals surface area contributed by atoms with Gasteiger partial charge in [-0.1, -0.05) is 39.8 Å². The van der Waals surface area contributed by atoms with Crippen LogP contribution in [0.4, 0.5) is 19.1 Å². The van der Waals surface area contributed by atoms with Crippen molar-refractivity contribution in [2.24, 2.45) is 0 Å². The van der Waals surface area contributed by atoms with Crippen molar-refractivity contribution in [3.8, 4) is 0 Å². The Balaban J connectivity index is 0. The van der Waals surface area contributed by atoms with Crippen LogP contribution in [-0.4, -0.2) is 11.1 Å². The molecule has 1 aromatic heterocycles. The molecule has 4 nitrogen and oxygen atoms in total. The molecule has 0 spiro atoms. The lowest BCUT2D eigenvalue weighted by molar-refractivity contribution is -0.142. The van der Waals surface area contributed by atoms with E-state index in [4.69, 9.17) is 0 Å². The molecule has 18 heavy (non-hydrogen) atoms. The van der Waals surface area contributed by atoms with Gasteiger partial charge in [0.05, 0.1) is 0 Å². The van der Waals surface area contributed by atoms with Gasteiger partial charge in [-0.15, -0.1) is 0 Å². The summed E-state index contributed by atoms with van der Waals surface area (Å²) in [5.74, 6) is -0.737. The fraction of sp³-hybridized carbons (Fsp3) is 0.636. The van der Waals surface area contributed by atoms with Gasteiger partial charge in [-0.05, 0) is 0 Å². The molecule has 0 aliphatic heterocycles. The molecule has 1 aromatic rings. The van der Waals surface area contributed by atoms with E-state index in [1.165, 1.54) is 0 Å². The summed E-state index contributed by atoms with van der Waals surface area (Å²) in [6.45, 7) is 9.57. The van der Waals surface area contributed by atoms with Gasteiger partial charge in [0, 0.05) is 12.5 Å². The molecule has 7 heteroatoms. The van der Waals surface area contributed by atoms with Crippen molar-refractivity contribution >= 4 is 11.8 Å². The van der Waals surface area contributed by atoms with E-state index in [1.54, 1.807) is 6.92 Å². The SMILES string of the molecule is CC.CC.CCC(=O)Nc1cc(C(F)(F)F)no1. The third-order valence-electron chi connectivity index (χ3n) is 1.38. The van der Waals surface area contributed by atoms with Crippen LogP contribution in [-0.2, 0) is 11.0 Å². The molecule has 0 aliphatic rings. The Bertz CT molecular complexity index is 335. The predicted octanol–water partition coefficient (Wildman–Crippen LogP) is 4.09. The maximum Gasteiger partial charge on any atom is 0.436 e. The summed E-state index contributed by atoms with van der Waals surface area (Å²) in [7, 11) is 0. The van der Waals surface area contributed by atoms with Crippen molar-refractivity contribution in [3.05, 3.63) is 11.8 Å². The van der Waals surface area contributed by atoms with Gasteiger partial charge >= 0.3 is 6.18 Å². The largest absolute Gasteiger partial charge is 0.436 e. The summed E-state index contributed by atoms with van der Waals surface area (Å²) in [4.78, 5) is 10.8. The highest BCUT2D eigenvalue weighted by Gasteiger charge is 2.35. The highest BCUT2D eigenvalue weighted by molar-refractivity contribution is 5.89. The molecule has 0 unspecified atom stereocenters. The summed E-state index contributed by atoms with van der Waals surface area (Å²) in [6, 6.07) is 0.632. The molecule has 0 aromatic carbocycles. The van der Waals surface area contributed by atoms with Crippen LogP contribution in [0.25, 0.3) is 0 Å². The first-order valence-electron chi connectivity index (χ1n) is 5.77. The Hall–Kier alpha value is -1.53. The van der Waals surface area contributed by atoms with Crippen molar-refractivity contribution in [3.63, 3.8) is 0 Å². The number of carbonyl (C=O) groups excluding carboxylic acids is 1. The average molecular weight is 268 g/mol. The van der Waals surface area contributed by atoms with Crippen molar-refractivity contribution < 1.29 is 22.5 Å². The number of anilines is 1. The smallest absolute Gasteiger partial charge is 0.338 e. The van der Waals surface area contributed by atoms with E-state index in [0.717, 1.165) is 0 Å². The second-order valence-electron chi connectivity index (χ2n) is 2.48. The van der Waals surface area contributed by atoms with E-state index in [0.29, 0.717) is 6.07 Å². The van der Waals surface area contributed by atoms with Gasteiger partial charge < -0.3 is 4.52 Å². The second-order valence-corrected chi connectivity index (χ2v) is 2.48. The summed E-state index contributed by atoms with van der Waals surface area (Å²) < 4.78 is 40.2. The van der Waals surface area contributed by atoms with E-state index in [9.17, 15) is 18.0 Å². The molecule has 0 aliphatic carbocycles. The van der Waals surface area contributed by atoms with Crippen LogP contribution >= 0.6 is 0 Å². The molecule has 0 bridgehead atoms. The van der Waals surface area contributed by atoms with Gasteiger partial charge in [0.1, 0.15) is 0 Å². The number of alkyl halides is 3. The average Bonchev–Trinajstić information content (AvgIpc) is 2.82. The van der Waals surface area contributed by atoms with Crippen molar-refractivity contribution in [2.45, 2.75) is 47.2 Å². The Labute approximate surface area is 105 Å². The van der Waals surface area contributed by atoms with Crippen molar-refractivity contribution in [1.82, 2.24) is 5.16 Å². The fourth-order valence-electron chi connectivity index (χ4n) is 0.694. The van der Waals surface area contributed by atoms with Crippen LogP contribution in [0.2, 0.25) is 0 Å². The molecular weight excluding hydrogens is 249 g/mol. The zero-order chi connectivity index (χ0) is 14.8. The highest BCUT2D eigenvalue weighted by Crippen LogP contribution is 2.29. The third-order valence-corrected chi connectivity index (χ3v) is 1.38. The number of hydrogen-bond donors (Lipinski definition) is 1. The minimum Gasteiger partial charge on any atom is -0.338 e. The molecule has 0 saturated carbocycles. The zero-order valence-corrected chi connectivity index (χ0v) is 11.2. The first-order chi connectivity index (χ1) is 8.43. The lowest BCUT2D eigenvalue weighted by Crippen LogP contribution is -2.08. The quantitative estimate of drug-likeness (QED) is 0.878. The predicted molar refractivity (Wildman–Crippen MR) is 63.1 cm³/mol. The Morgan fingerprint density at radius 2 is 1.83 bits per heavy atom. The van der Waals surface area contributed by atoms with E-state index < -0.39 is 17.8 Å². The minimum absolute atomic E-state index is 0.155. The molecule has 106 valence electrons. The van der Waals surface area contributed by atoms with E-state index >= 15 is 0 Å². The highest BCUT2D eigenvalue weighted by atomic mass is 19.4. The lowest BCUT2D eigenvalue weighted by atomic mass is 10.4. The number of aromatic nitrogens is 1. The maximum absolute atomic E-state index is 12.0. The molecule has 0 fully saturated rings. The maximum atomic E-state index is 12.0. The molecular formula is C11H19F3N2O2. The van der Waals surface area contributed by atoms with Gasteiger partial charge in [0.2, 0.25) is 11.8 Å². The van der Waals surface area contributed by atoms with Crippen LogP contribution in [0.3, 0.4) is 0 Å². The molecule has 0 radical (unpaired) electrons. The van der Waals surface area contributed by atoms with Gasteiger partial charge in [-0.3, -0.25) is 10.1 Å². The topological polar surface area (TPSA) is 55.1 Å². The third kappa shape index (κ3) is 6.93. The van der Waals surface area contributed by atoms with Crippen molar-refractivity contribution in [1.29, 1.82) is 0 Å². The molecule has 1 amide bonds. The lowest BCUT2D eigenvalue weighted by Gasteiger charge is -1.97. The van der Waals surface area contributed by atoms with Crippen LogP contribution in [0.1, 0.15) is 46.7 Å². The van der Waals surface area contributed by atoms with Gasteiger partial charge in [-0.25, -0.2) is 0 Å². The molecule has 1 N–H and O–H groups in total. The van der Waals surface area contributed by atoms with Gasteiger partial charge in [-0.2, -0.15) is 13.2 Å². The van der Waals surface area contributed by atoms with Gasteiger partial charge in [0.25, 0.3) is 0 Å². The summed E-state index contributed by atoms with van der Waals surface area (Å²) in [6.07, 6.45) is -4.40. The number of rotatable bonds is 2. The standard InChI is InChI=1S/C7H7F3N2O2.2C2H6/c1-2-5(13)11-6-3-4(12-14-6)7(8,9)10;2*1-2/h3H,2H2,1H3,(H,11,13);2*1-2H3. The van der Waals surface area contributed by atoms with E-state index in [-0.39, 0.29) is 12.3 Å². The summed E-state index contributed by atoms with van der Waals surface area (Å²) >= 11 is 0. The number of halogens is 3. The molecule has 1 heterocycles. The van der Waals surface area contributed by atoms with E-state index in [2.05, 4.69) is 15.0 Å². The van der Waals surface area contributed by atoms with Crippen LogP contribution in [0, 0.1) is 0 Å². The van der Waals surface area contributed by atoms with Crippen LogP contribution in [0.15, 0.2) is 10.6 Å². The van der Waals surface area contributed by atoms with E-state index in [1.807, 2.05) is 27.7 Å². The molecule has 1 rings (SSSR count). The Morgan fingerprint density at radius 1 is 1.33 bits per heavy atom. The first-order valence-corrected chi connectivity index (χ1v) is 5.77. The van der Waals surface area contributed by atoms with Crippen LogP contribution < -0.4 is 5.32 Å². The zero-order valence-electron chi connectivity index (χ0n) is 11.2. The van der Waals surface area contributed by atoms with Crippen molar-refractivity contribution in [2.75, 3.05) is 5.32 Å². The molecule has 0 saturated heterocycles. The minimum atomic E-state index is -4.56. The molecule has 0 atom stereocenters. The number of amides is 1. The normalized spacial score (nSPS) is 9.56. The second kappa shape index (κ2) is 9.49. The summed E-state index contributed by atoms with van der Waals surface area (Å²) in [5, 5.41) is 4.88. The number of carbonyl (C=O) groups is 1. The number of hydrogen-bond acceptors (Lipinski definition) is 3.